The Morgan fingerprint density at radius 3 is 2.59 bits per heavy atom. The smallest absolute Gasteiger partial charge is 0.233 e. The monoisotopic (exact) mass is 378 g/mol. The van der Waals surface area contributed by atoms with E-state index in [4.69, 9.17) is 4.84 Å². The number of pyridine rings is 1. The van der Waals surface area contributed by atoms with Crippen LogP contribution < -0.4 is 15.3 Å². The molecule has 2 heterocycles. The zero-order chi connectivity index (χ0) is 19.9. The lowest BCUT2D eigenvalue weighted by atomic mass is 10.1. The van der Waals surface area contributed by atoms with Crippen LogP contribution in [-0.4, -0.2) is 48.3 Å². The van der Waals surface area contributed by atoms with Gasteiger partial charge in [0.2, 0.25) is 5.28 Å². The van der Waals surface area contributed by atoms with E-state index >= 15 is 0 Å². The summed E-state index contributed by atoms with van der Waals surface area (Å²) in [6, 6.07) is 3.98. The molecule has 1 N–H and O–H groups in total. The molecule has 0 amide bonds. The van der Waals surface area contributed by atoms with E-state index in [-0.39, 0.29) is 11.6 Å². The third kappa shape index (κ3) is 6.54. The molecule has 10 heteroatoms. The van der Waals surface area contributed by atoms with Gasteiger partial charge in [-0.25, -0.2) is 9.99 Å². The highest BCUT2D eigenvalue weighted by Crippen LogP contribution is 2.22. The van der Waals surface area contributed by atoms with Crippen LogP contribution in [0.1, 0.15) is 40.5 Å². The zero-order valence-electron chi connectivity index (χ0n) is 16.8. The van der Waals surface area contributed by atoms with Crippen molar-refractivity contribution in [1.82, 2.24) is 10.4 Å². The summed E-state index contributed by atoms with van der Waals surface area (Å²) in [6.07, 6.45) is 3.29. The van der Waals surface area contributed by atoms with Crippen LogP contribution in [0, 0.1) is 5.21 Å². The largest absolute Gasteiger partial charge is 0.569 e. The quantitative estimate of drug-likeness (QED) is 0.444. The average molecular weight is 378 g/mol. The molecular formula is C17H30N8O2. The first-order valence-corrected chi connectivity index (χ1v) is 9.22. The number of hydrogen-bond acceptors (Lipinski definition) is 7. The minimum atomic E-state index is -0.359. The molecule has 0 aliphatic carbocycles. The first-order valence-electron chi connectivity index (χ1n) is 9.22. The number of hydrogen-bond donors (Lipinski definition) is 1. The first kappa shape index (κ1) is 20.7. The summed E-state index contributed by atoms with van der Waals surface area (Å²) in [4.78, 5) is 12.5. The van der Waals surface area contributed by atoms with E-state index in [1.165, 1.54) is 0 Å². The number of nitrogens with one attached hydrogen (secondary N) is 1. The van der Waals surface area contributed by atoms with E-state index < -0.39 is 0 Å². The van der Waals surface area contributed by atoms with Gasteiger partial charge in [0.15, 0.2) is 0 Å². The molecule has 0 radical (unpaired) electrons. The molecule has 27 heavy (non-hydrogen) atoms. The summed E-state index contributed by atoms with van der Waals surface area (Å²) in [7, 11) is 1.65. The number of aromatic nitrogens is 1. The minimum absolute atomic E-state index is 0.0701. The second-order valence-corrected chi connectivity index (χ2v) is 7.39. The molecule has 0 atom stereocenters. The van der Waals surface area contributed by atoms with Crippen molar-refractivity contribution >= 4 is 11.5 Å². The first-order chi connectivity index (χ1) is 12.8. The summed E-state index contributed by atoms with van der Waals surface area (Å²) in [6.45, 7) is 9.98. The second-order valence-electron chi connectivity index (χ2n) is 7.39. The van der Waals surface area contributed by atoms with Crippen molar-refractivity contribution in [2.75, 3.05) is 36.6 Å². The van der Waals surface area contributed by atoms with Crippen LogP contribution >= 0.6 is 0 Å². The van der Waals surface area contributed by atoms with E-state index in [0.717, 1.165) is 44.0 Å². The second kappa shape index (κ2) is 9.33. The van der Waals surface area contributed by atoms with Crippen molar-refractivity contribution in [3.63, 3.8) is 0 Å². The molecule has 0 bridgehead atoms. The summed E-state index contributed by atoms with van der Waals surface area (Å²) in [5.74, 6) is 0.915. The fraction of sp³-hybridized carbons (Fsp3) is 0.706. The summed E-state index contributed by atoms with van der Waals surface area (Å²) < 4.78 is 0. The van der Waals surface area contributed by atoms with Gasteiger partial charge in [0.05, 0.1) is 29.4 Å². The van der Waals surface area contributed by atoms with Gasteiger partial charge in [0, 0.05) is 32.5 Å². The van der Waals surface area contributed by atoms with Crippen LogP contribution in [0.2, 0.25) is 0 Å². The van der Waals surface area contributed by atoms with Gasteiger partial charge in [-0.15, -0.1) is 0 Å². The predicted octanol–water partition coefficient (Wildman–Crippen LogP) is 3.07. The molecule has 1 aromatic heterocycles. The molecule has 0 unspecified atom stereocenters. The molecule has 2 rings (SSSR count). The summed E-state index contributed by atoms with van der Waals surface area (Å²) in [5, 5.41) is 24.9. The third-order valence-electron chi connectivity index (χ3n) is 3.99. The van der Waals surface area contributed by atoms with E-state index in [1.54, 1.807) is 18.3 Å². The summed E-state index contributed by atoms with van der Waals surface area (Å²) >= 11 is 0. The highest BCUT2D eigenvalue weighted by atomic mass is 16.7. The topological polar surface area (TPSA) is 104 Å². The van der Waals surface area contributed by atoms with Crippen LogP contribution in [0.4, 0.5) is 11.5 Å². The molecule has 1 saturated heterocycles. The van der Waals surface area contributed by atoms with Crippen molar-refractivity contribution in [2.24, 2.45) is 15.6 Å². The fourth-order valence-corrected chi connectivity index (χ4v) is 2.73. The zero-order valence-corrected chi connectivity index (χ0v) is 16.8. The average Bonchev–Trinajstić information content (AvgIpc) is 2.64. The Morgan fingerprint density at radius 1 is 1.37 bits per heavy atom. The van der Waals surface area contributed by atoms with Gasteiger partial charge < -0.3 is 14.9 Å². The standard InChI is InChI=1S/C17H30N8O2/c1-6-24(21-18-5)14-7-8-16(19-13-14)23-11-9-15(10-12-23)27-22-25(26)20-17(2,3)4/h7-8,13,15H,6,9-12H2,1-5H3,(H,20,22)/b21-18-. The number of hydrazine groups is 1. The van der Waals surface area contributed by atoms with Gasteiger partial charge in [-0.3, -0.25) is 0 Å². The minimum Gasteiger partial charge on any atom is -0.569 e. The number of piperidine rings is 1. The maximum Gasteiger partial charge on any atom is 0.233 e. The molecule has 150 valence electrons. The van der Waals surface area contributed by atoms with E-state index in [1.807, 2.05) is 39.8 Å². The van der Waals surface area contributed by atoms with Gasteiger partial charge in [-0.2, -0.15) is 10.5 Å². The van der Waals surface area contributed by atoms with Crippen LogP contribution in [0.3, 0.4) is 0 Å². The molecule has 1 aliphatic rings. The fourth-order valence-electron chi connectivity index (χ4n) is 2.73. The highest BCUT2D eigenvalue weighted by Gasteiger charge is 2.23. The van der Waals surface area contributed by atoms with E-state index in [0.29, 0.717) is 4.97 Å². The SMILES string of the molecule is CCN(/N=N\C)c1ccc(N2CCC(O/N=[N+](\[O-])NC(C)(C)C)CC2)nc1. The van der Waals surface area contributed by atoms with Gasteiger partial charge >= 0.3 is 0 Å². The lowest BCUT2D eigenvalue weighted by Gasteiger charge is -2.31. The van der Waals surface area contributed by atoms with Gasteiger partial charge in [0.25, 0.3) is 0 Å². The Hall–Kier alpha value is -2.65. The maximum atomic E-state index is 11.6. The predicted molar refractivity (Wildman–Crippen MR) is 103 cm³/mol. The van der Waals surface area contributed by atoms with Crippen LogP contribution in [-0.2, 0) is 4.84 Å². The molecular weight excluding hydrogens is 348 g/mol. The van der Waals surface area contributed by atoms with Crippen LogP contribution in [0.25, 0.3) is 0 Å². The van der Waals surface area contributed by atoms with Crippen molar-refractivity contribution in [2.45, 2.75) is 52.2 Å². The third-order valence-corrected chi connectivity index (χ3v) is 3.99. The molecule has 1 fully saturated rings. The van der Waals surface area contributed by atoms with Gasteiger partial charge in [-0.05, 0) is 39.8 Å². The van der Waals surface area contributed by atoms with Crippen molar-refractivity contribution in [3.05, 3.63) is 23.5 Å². The van der Waals surface area contributed by atoms with Crippen molar-refractivity contribution in [3.8, 4) is 0 Å². The Labute approximate surface area is 160 Å². The normalized spacial score (nSPS) is 16.6. The highest BCUT2D eigenvalue weighted by molar-refractivity contribution is 5.50. The Bertz CT molecular complexity index is 633. The molecule has 0 aromatic carbocycles. The van der Waals surface area contributed by atoms with Crippen LogP contribution in [0.15, 0.2) is 33.9 Å². The molecule has 1 aromatic rings. The number of anilines is 2. The summed E-state index contributed by atoms with van der Waals surface area (Å²) in [5.41, 5.74) is 3.22. The van der Waals surface area contributed by atoms with Gasteiger partial charge in [-0.1, -0.05) is 5.22 Å². The Kier molecular flexibility index (Phi) is 7.14. The molecule has 10 nitrogen and oxygen atoms in total. The van der Waals surface area contributed by atoms with Crippen LogP contribution in [0.5, 0.6) is 0 Å². The molecule has 1 aliphatic heterocycles. The molecule has 0 spiro atoms. The van der Waals surface area contributed by atoms with E-state index in [2.05, 4.69) is 30.9 Å². The maximum absolute atomic E-state index is 11.6. The van der Waals surface area contributed by atoms with Crippen molar-refractivity contribution < 1.29 is 9.81 Å². The van der Waals surface area contributed by atoms with E-state index in [9.17, 15) is 5.21 Å². The number of rotatable bonds is 7. The Morgan fingerprint density at radius 2 is 2.07 bits per heavy atom. The van der Waals surface area contributed by atoms with Crippen molar-refractivity contribution in [1.29, 1.82) is 0 Å². The van der Waals surface area contributed by atoms with Gasteiger partial charge in [0.1, 0.15) is 11.9 Å². The molecule has 0 saturated carbocycles. The lowest BCUT2D eigenvalue weighted by Crippen LogP contribution is -2.41. The Balaban J connectivity index is 1.86. The lowest BCUT2D eigenvalue weighted by molar-refractivity contribution is -0.626. The number of nitrogens with zero attached hydrogens (tertiary/aromatic N) is 7.